The van der Waals surface area contributed by atoms with Crippen molar-refractivity contribution in [2.75, 3.05) is 13.1 Å². The van der Waals surface area contributed by atoms with Crippen LogP contribution in [-0.2, 0) is 16.2 Å². The molecule has 0 spiro atoms. The average Bonchev–Trinajstić information content (AvgIpc) is 2.46. The molecule has 0 bridgehead atoms. The number of nitrogens with zero attached hydrogens (tertiary/aromatic N) is 1. The topological polar surface area (TPSA) is 63.4 Å². The smallest absolute Gasteiger partial charge is 0.328 e. The molecule has 1 aromatic carbocycles. The lowest BCUT2D eigenvalue weighted by atomic mass is 9.93. The van der Waals surface area contributed by atoms with Crippen LogP contribution in [-0.4, -0.2) is 31.9 Å². The Hall–Kier alpha value is -1.19. The molecule has 0 aliphatic carbocycles. The van der Waals surface area contributed by atoms with E-state index in [0.29, 0.717) is 12.5 Å². The van der Waals surface area contributed by atoms with Gasteiger partial charge in [-0.05, 0) is 43.9 Å². The molecular formula is C14H18F4N2O2S. The first-order valence-electron chi connectivity index (χ1n) is 7.16. The van der Waals surface area contributed by atoms with E-state index in [9.17, 15) is 26.0 Å². The SMILES string of the molecule is C[C@H](N)[C@H]1CCCN(S(=O)(=O)c2ccc(F)cc2C(F)(F)F)C1. The number of alkyl halides is 3. The minimum atomic E-state index is -4.96. The van der Waals surface area contributed by atoms with Crippen LogP contribution in [0, 0.1) is 11.7 Å². The van der Waals surface area contributed by atoms with Crippen LogP contribution in [0.4, 0.5) is 17.6 Å². The van der Waals surface area contributed by atoms with Crippen molar-refractivity contribution in [2.45, 2.75) is 36.9 Å². The van der Waals surface area contributed by atoms with E-state index in [1.165, 1.54) is 0 Å². The zero-order chi connectivity index (χ0) is 17.4. The number of piperidine rings is 1. The Morgan fingerprint density at radius 3 is 2.57 bits per heavy atom. The van der Waals surface area contributed by atoms with Crippen molar-refractivity contribution in [1.29, 1.82) is 0 Å². The fraction of sp³-hybridized carbons (Fsp3) is 0.571. The lowest BCUT2D eigenvalue weighted by Gasteiger charge is -2.34. The molecule has 1 aromatic rings. The highest BCUT2D eigenvalue weighted by Gasteiger charge is 2.40. The summed E-state index contributed by atoms with van der Waals surface area (Å²) in [6.45, 7) is 1.93. The van der Waals surface area contributed by atoms with Gasteiger partial charge in [0.1, 0.15) is 5.82 Å². The Bertz CT molecular complexity index is 674. The van der Waals surface area contributed by atoms with E-state index in [1.807, 2.05) is 0 Å². The maximum atomic E-state index is 13.2. The van der Waals surface area contributed by atoms with Crippen LogP contribution >= 0.6 is 0 Å². The number of rotatable bonds is 3. The molecule has 4 nitrogen and oxygen atoms in total. The second kappa shape index (κ2) is 6.37. The molecule has 1 saturated heterocycles. The number of hydrogen-bond donors (Lipinski definition) is 1. The summed E-state index contributed by atoms with van der Waals surface area (Å²) in [4.78, 5) is -0.920. The first-order chi connectivity index (χ1) is 10.5. The van der Waals surface area contributed by atoms with Gasteiger partial charge in [0.25, 0.3) is 0 Å². The third-order valence-corrected chi connectivity index (χ3v) is 5.95. The average molecular weight is 354 g/mol. The van der Waals surface area contributed by atoms with Gasteiger partial charge in [-0.1, -0.05) is 0 Å². The Morgan fingerprint density at radius 2 is 2.00 bits per heavy atom. The minimum absolute atomic E-state index is 0.0642. The Morgan fingerprint density at radius 1 is 1.35 bits per heavy atom. The van der Waals surface area contributed by atoms with Gasteiger partial charge in [-0.3, -0.25) is 0 Å². The van der Waals surface area contributed by atoms with Crippen LogP contribution in [0.25, 0.3) is 0 Å². The highest BCUT2D eigenvalue weighted by atomic mass is 32.2. The van der Waals surface area contributed by atoms with Gasteiger partial charge in [0.15, 0.2) is 0 Å². The van der Waals surface area contributed by atoms with Gasteiger partial charge < -0.3 is 5.73 Å². The molecule has 1 aliphatic rings. The third-order valence-electron chi connectivity index (χ3n) is 4.03. The number of nitrogens with two attached hydrogens (primary N) is 1. The summed E-state index contributed by atoms with van der Waals surface area (Å²) in [7, 11) is -4.37. The fourth-order valence-electron chi connectivity index (χ4n) is 2.71. The number of benzene rings is 1. The Labute approximate surface area is 132 Å². The number of hydrogen-bond acceptors (Lipinski definition) is 3. The first kappa shape index (κ1) is 18.2. The molecular weight excluding hydrogens is 336 g/mol. The van der Waals surface area contributed by atoms with Gasteiger partial charge in [-0.15, -0.1) is 0 Å². The number of sulfonamides is 1. The molecule has 0 radical (unpaired) electrons. The largest absolute Gasteiger partial charge is 0.417 e. The maximum Gasteiger partial charge on any atom is 0.417 e. The van der Waals surface area contributed by atoms with Crippen molar-refractivity contribution in [3.63, 3.8) is 0 Å². The Kier molecular flexibility index (Phi) is 5.03. The molecule has 1 heterocycles. The normalized spacial score (nSPS) is 22.1. The second-order valence-corrected chi connectivity index (χ2v) is 7.67. The summed E-state index contributed by atoms with van der Waals surface area (Å²) in [6.07, 6.45) is -3.71. The maximum absolute atomic E-state index is 13.2. The molecule has 1 aliphatic heterocycles. The standard InChI is InChI=1S/C14H18F4N2O2S/c1-9(19)10-3-2-6-20(8-10)23(21,22)13-5-4-11(15)7-12(13)14(16,17)18/h4-5,7,9-10H,2-3,6,8,19H2,1H3/t9-,10-/m0/s1. The zero-order valence-corrected chi connectivity index (χ0v) is 13.3. The molecule has 2 rings (SSSR count). The summed E-state index contributed by atoms with van der Waals surface area (Å²) in [5.74, 6) is -1.25. The van der Waals surface area contributed by atoms with E-state index in [2.05, 4.69) is 0 Å². The summed E-state index contributed by atoms with van der Waals surface area (Å²) >= 11 is 0. The predicted molar refractivity (Wildman–Crippen MR) is 76.5 cm³/mol. The van der Waals surface area contributed by atoms with Crippen LogP contribution in [0.2, 0.25) is 0 Å². The van der Waals surface area contributed by atoms with Gasteiger partial charge in [-0.2, -0.15) is 17.5 Å². The first-order valence-corrected chi connectivity index (χ1v) is 8.60. The van der Waals surface area contributed by atoms with Crippen molar-refractivity contribution in [2.24, 2.45) is 11.7 Å². The zero-order valence-electron chi connectivity index (χ0n) is 12.5. The van der Waals surface area contributed by atoms with E-state index < -0.39 is 32.5 Å². The van der Waals surface area contributed by atoms with Gasteiger partial charge in [0.05, 0.1) is 10.5 Å². The molecule has 1 fully saturated rings. The van der Waals surface area contributed by atoms with Gasteiger partial charge >= 0.3 is 6.18 Å². The predicted octanol–water partition coefficient (Wildman–Crippen LogP) is 2.59. The van der Waals surface area contributed by atoms with Crippen molar-refractivity contribution >= 4 is 10.0 Å². The molecule has 0 unspecified atom stereocenters. The molecule has 0 saturated carbocycles. The molecule has 23 heavy (non-hydrogen) atoms. The minimum Gasteiger partial charge on any atom is -0.328 e. The molecule has 0 amide bonds. The van der Waals surface area contributed by atoms with E-state index >= 15 is 0 Å². The lowest BCUT2D eigenvalue weighted by Crippen LogP contribution is -2.45. The monoisotopic (exact) mass is 354 g/mol. The molecule has 130 valence electrons. The van der Waals surface area contributed by atoms with E-state index in [4.69, 9.17) is 5.73 Å². The van der Waals surface area contributed by atoms with E-state index in [-0.39, 0.29) is 31.1 Å². The number of halogens is 4. The van der Waals surface area contributed by atoms with Crippen LogP contribution in [0.15, 0.2) is 23.1 Å². The van der Waals surface area contributed by atoms with Crippen LogP contribution < -0.4 is 5.73 Å². The highest BCUT2D eigenvalue weighted by Crippen LogP contribution is 2.36. The van der Waals surface area contributed by atoms with Crippen LogP contribution in [0.3, 0.4) is 0 Å². The lowest BCUT2D eigenvalue weighted by molar-refractivity contribution is -0.140. The van der Waals surface area contributed by atoms with Crippen LogP contribution in [0.1, 0.15) is 25.3 Å². The summed E-state index contributed by atoms with van der Waals surface area (Å²) in [5.41, 5.74) is 4.29. The van der Waals surface area contributed by atoms with Crippen molar-refractivity contribution in [3.05, 3.63) is 29.6 Å². The highest BCUT2D eigenvalue weighted by molar-refractivity contribution is 7.89. The van der Waals surface area contributed by atoms with E-state index in [1.54, 1.807) is 6.92 Å². The fourth-order valence-corrected chi connectivity index (χ4v) is 4.44. The third kappa shape index (κ3) is 3.84. The van der Waals surface area contributed by atoms with E-state index in [0.717, 1.165) is 16.8 Å². The summed E-state index contributed by atoms with van der Waals surface area (Å²) in [6, 6.07) is 1.33. The molecule has 2 atom stereocenters. The quantitative estimate of drug-likeness (QED) is 0.849. The van der Waals surface area contributed by atoms with Crippen molar-refractivity contribution < 1.29 is 26.0 Å². The van der Waals surface area contributed by atoms with Gasteiger partial charge in [0, 0.05) is 19.1 Å². The van der Waals surface area contributed by atoms with Crippen molar-refractivity contribution in [1.82, 2.24) is 4.31 Å². The Balaban J connectivity index is 2.44. The van der Waals surface area contributed by atoms with Gasteiger partial charge in [0.2, 0.25) is 10.0 Å². The second-order valence-electron chi connectivity index (χ2n) is 5.76. The van der Waals surface area contributed by atoms with Gasteiger partial charge in [-0.25, -0.2) is 12.8 Å². The molecule has 0 aromatic heterocycles. The summed E-state index contributed by atoms with van der Waals surface area (Å²) in [5, 5.41) is 0. The van der Waals surface area contributed by atoms with Crippen molar-refractivity contribution in [3.8, 4) is 0 Å². The molecule has 9 heteroatoms. The van der Waals surface area contributed by atoms with Crippen LogP contribution in [0.5, 0.6) is 0 Å². The molecule has 2 N–H and O–H groups in total. The summed E-state index contributed by atoms with van der Waals surface area (Å²) < 4.78 is 78.5.